The van der Waals surface area contributed by atoms with E-state index in [0.29, 0.717) is 12.6 Å². The molecule has 0 radical (unpaired) electrons. The van der Waals surface area contributed by atoms with Crippen LogP contribution in [0.2, 0.25) is 0 Å². The van der Waals surface area contributed by atoms with Crippen molar-refractivity contribution in [2.75, 3.05) is 19.7 Å². The molecule has 0 atom stereocenters. The van der Waals surface area contributed by atoms with E-state index in [2.05, 4.69) is 4.90 Å². The lowest BCUT2D eigenvalue weighted by molar-refractivity contribution is -0.111. The van der Waals surface area contributed by atoms with Crippen LogP contribution in [0.5, 0.6) is 0 Å². The molecule has 3 heterocycles. The maximum atomic E-state index is 12.7. The van der Waals surface area contributed by atoms with Gasteiger partial charge < -0.3 is 9.84 Å². The third-order valence-corrected chi connectivity index (χ3v) is 6.97. The fraction of sp³-hybridized carbons (Fsp3) is 0.765. The van der Waals surface area contributed by atoms with Crippen molar-refractivity contribution in [2.24, 2.45) is 0 Å². The maximum Gasteiger partial charge on any atom is 0.243 e. The van der Waals surface area contributed by atoms with E-state index >= 15 is 0 Å². The summed E-state index contributed by atoms with van der Waals surface area (Å²) in [6.07, 6.45) is 1.94. The van der Waals surface area contributed by atoms with Gasteiger partial charge in [-0.05, 0) is 43.7 Å². The van der Waals surface area contributed by atoms with Gasteiger partial charge in [0.2, 0.25) is 6.43 Å². The molecule has 128 valence electrons. The molecule has 3 aliphatic rings. The molecule has 3 nitrogen and oxygen atoms in total. The molecule has 1 spiro atoms. The van der Waals surface area contributed by atoms with Crippen molar-refractivity contribution >= 4 is 11.3 Å². The molecule has 1 aromatic heterocycles. The number of piperidine rings is 1. The van der Waals surface area contributed by atoms with Crippen LogP contribution in [0, 0.1) is 0 Å². The highest BCUT2D eigenvalue weighted by Gasteiger charge is 2.44. The SMILES string of the molecule is OC1CC(N2CCC3(CC2)OCCc2cc(CC(F)F)sc23)C1. The van der Waals surface area contributed by atoms with Gasteiger partial charge in [-0.2, -0.15) is 0 Å². The number of rotatable bonds is 3. The molecule has 0 aromatic carbocycles. The zero-order valence-corrected chi connectivity index (χ0v) is 14.0. The van der Waals surface area contributed by atoms with Gasteiger partial charge in [0, 0.05) is 35.3 Å². The molecule has 1 aliphatic carbocycles. The third-order valence-electron chi connectivity index (χ3n) is 5.59. The molecular formula is C17H23F2NO2S. The predicted octanol–water partition coefficient (Wildman–Crippen LogP) is 2.94. The van der Waals surface area contributed by atoms with Crippen molar-refractivity contribution < 1.29 is 18.6 Å². The number of likely N-dealkylation sites (tertiary alicyclic amines) is 1. The summed E-state index contributed by atoms with van der Waals surface area (Å²) in [7, 11) is 0. The van der Waals surface area contributed by atoms with Crippen molar-refractivity contribution in [3.8, 4) is 0 Å². The summed E-state index contributed by atoms with van der Waals surface area (Å²) in [6, 6.07) is 2.49. The zero-order chi connectivity index (χ0) is 16.0. The van der Waals surface area contributed by atoms with Crippen LogP contribution in [0.25, 0.3) is 0 Å². The number of ether oxygens (including phenoxy) is 1. The van der Waals surface area contributed by atoms with E-state index < -0.39 is 6.43 Å². The van der Waals surface area contributed by atoms with Crippen LogP contribution in [0.3, 0.4) is 0 Å². The van der Waals surface area contributed by atoms with Crippen LogP contribution >= 0.6 is 11.3 Å². The Morgan fingerprint density at radius 3 is 2.74 bits per heavy atom. The molecule has 2 aliphatic heterocycles. The molecule has 2 fully saturated rings. The zero-order valence-electron chi connectivity index (χ0n) is 13.1. The molecule has 0 bridgehead atoms. The second-order valence-electron chi connectivity index (χ2n) is 7.07. The third kappa shape index (κ3) is 2.95. The van der Waals surface area contributed by atoms with Gasteiger partial charge in [-0.15, -0.1) is 11.3 Å². The van der Waals surface area contributed by atoms with Crippen LogP contribution in [0.15, 0.2) is 6.07 Å². The van der Waals surface area contributed by atoms with Gasteiger partial charge in [0.25, 0.3) is 0 Å². The summed E-state index contributed by atoms with van der Waals surface area (Å²) in [4.78, 5) is 4.45. The molecule has 0 unspecified atom stereocenters. The lowest BCUT2D eigenvalue weighted by Gasteiger charge is -2.48. The fourth-order valence-corrected chi connectivity index (χ4v) is 5.62. The number of fused-ring (bicyclic) bond motifs is 2. The summed E-state index contributed by atoms with van der Waals surface area (Å²) in [5.74, 6) is 0. The van der Waals surface area contributed by atoms with Crippen molar-refractivity contribution in [3.63, 3.8) is 0 Å². The van der Waals surface area contributed by atoms with Gasteiger partial charge in [-0.1, -0.05) is 0 Å². The summed E-state index contributed by atoms with van der Waals surface area (Å²) in [5.41, 5.74) is 0.974. The highest BCUT2D eigenvalue weighted by molar-refractivity contribution is 7.12. The molecule has 0 amide bonds. The molecule has 4 rings (SSSR count). The Bertz CT molecular complexity index is 563. The van der Waals surface area contributed by atoms with E-state index in [1.165, 1.54) is 21.8 Å². The minimum atomic E-state index is -2.28. The average molecular weight is 343 g/mol. The Morgan fingerprint density at radius 2 is 2.09 bits per heavy atom. The standard InChI is InChI=1S/C17H23F2NO2S/c18-15(19)10-14-7-11-1-6-22-17(16(11)23-14)2-4-20(5-3-17)12-8-13(21)9-12/h7,12-13,15,21H,1-6,8-10H2. The van der Waals surface area contributed by atoms with E-state index in [4.69, 9.17) is 4.74 Å². The molecule has 1 saturated heterocycles. The summed E-state index contributed by atoms with van der Waals surface area (Å²) >= 11 is 1.54. The Morgan fingerprint density at radius 1 is 1.35 bits per heavy atom. The predicted molar refractivity (Wildman–Crippen MR) is 85.2 cm³/mol. The molecule has 1 saturated carbocycles. The van der Waals surface area contributed by atoms with Crippen molar-refractivity contribution in [1.82, 2.24) is 4.90 Å². The average Bonchev–Trinajstić information content (AvgIpc) is 2.89. The lowest BCUT2D eigenvalue weighted by atomic mass is 9.81. The molecule has 23 heavy (non-hydrogen) atoms. The van der Waals surface area contributed by atoms with E-state index in [1.807, 2.05) is 6.07 Å². The number of halogens is 2. The fourth-order valence-electron chi connectivity index (χ4n) is 4.21. The number of aliphatic hydroxyl groups is 1. The Kier molecular flexibility index (Phi) is 4.20. The molecule has 1 aromatic rings. The minimum Gasteiger partial charge on any atom is -0.393 e. The van der Waals surface area contributed by atoms with E-state index in [9.17, 15) is 13.9 Å². The summed E-state index contributed by atoms with van der Waals surface area (Å²) < 4.78 is 31.6. The number of thiophene rings is 1. The lowest BCUT2D eigenvalue weighted by Crippen LogP contribution is -2.53. The van der Waals surface area contributed by atoms with E-state index in [0.717, 1.165) is 50.1 Å². The highest BCUT2D eigenvalue weighted by Crippen LogP contribution is 2.46. The first-order chi connectivity index (χ1) is 11.1. The topological polar surface area (TPSA) is 32.7 Å². The number of alkyl halides is 2. The van der Waals surface area contributed by atoms with E-state index in [-0.39, 0.29) is 18.1 Å². The molecular weight excluding hydrogens is 320 g/mol. The number of hydrogen-bond donors (Lipinski definition) is 1. The van der Waals surface area contributed by atoms with Gasteiger partial charge in [0.05, 0.1) is 12.7 Å². The van der Waals surface area contributed by atoms with Crippen LogP contribution in [-0.4, -0.2) is 48.3 Å². The molecule has 6 heteroatoms. The van der Waals surface area contributed by atoms with E-state index in [1.54, 1.807) is 0 Å². The van der Waals surface area contributed by atoms with Crippen molar-refractivity contribution in [2.45, 2.75) is 62.7 Å². The van der Waals surface area contributed by atoms with Gasteiger partial charge >= 0.3 is 0 Å². The number of aliphatic hydroxyl groups excluding tert-OH is 1. The maximum absolute atomic E-state index is 12.7. The molecule has 1 N–H and O–H groups in total. The first kappa shape index (κ1) is 15.9. The van der Waals surface area contributed by atoms with Crippen molar-refractivity contribution in [3.05, 3.63) is 21.4 Å². The second-order valence-corrected chi connectivity index (χ2v) is 8.21. The summed E-state index contributed by atoms with van der Waals surface area (Å²) in [6.45, 7) is 2.64. The number of hydrogen-bond acceptors (Lipinski definition) is 4. The first-order valence-corrected chi connectivity index (χ1v) is 9.34. The van der Waals surface area contributed by atoms with Crippen LogP contribution < -0.4 is 0 Å². The van der Waals surface area contributed by atoms with Gasteiger partial charge in [-0.25, -0.2) is 8.78 Å². The van der Waals surface area contributed by atoms with Gasteiger partial charge in [0.1, 0.15) is 5.60 Å². The largest absolute Gasteiger partial charge is 0.393 e. The monoisotopic (exact) mass is 343 g/mol. The van der Waals surface area contributed by atoms with Crippen LogP contribution in [-0.2, 0) is 23.2 Å². The van der Waals surface area contributed by atoms with Gasteiger partial charge in [-0.3, -0.25) is 4.90 Å². The second kappa shape index (κ2) is 6.06. The van der Waals surface area contributed by atoms with Crippen molar-refractivity contribution in [1.29, 1.82) is 0 Å². The summed E-state index contributed by atoms with van der Waals surface area (Å²) in [5, 5.41) is 9.49. The Hall–Kier alpha value is -0.560. The quantitative estimate of drug-likeness (QED) is 0.916. The highest BCUT2D eigenvalue weighted by atomic mass is 32.1. The normalized spacial score (nSPS) is 30.4. The Labute approximate surface area is 139 Å². The number of nitrogens with zero attached hydrogens (tertiary/aromatic N) is 1. The first-order valence-electron chi connectivity index (χ1n) is 8.52. The van der Waals surface area contributed by atoms with Gasteiger partial charge in [0.15, 0.2) is 0 Å². The smallest absolute Gasteiger partial charge is 0.243 e. The minimum absolute atomic E-state index is 0.123. The Balaban J connectivity index is 1.49. The van der Waals surface area contributed by atoms with Crippen LogP contribution in [0.4, 0.5) is 8.78 Å². The van der Waals surface area contributed by atoms with Crippen LogP contribution in [0.1, 0.15) is 41.0 Å².